The molecule has 3 nitrogen and oxygen atoms in total. The van der Waals surface area contributed by atoms with Crippen LogP contribution in [0.3, 0.4) is 0 Å². The second-order valence-electron chi connectivity index (χ2n) is 3.86. The topological polar surface area (TPSA) is 48.8 Å². The van der Waals surface area contributed by atoms with E-state index in [1.54, 1.807) is 7.11 Å². The Labute approximate surface area is 94.7 Å². The first kappa shape index (κ1) is 10.6. The summed E-state index contributed by atoms with van der Waals surface area (Å²) in [5.41, 5.74) is 3.36. The fourth-order valence-corrected chi connectivity index (χ4v) is 1.95. The number of H-pyrrole nitrogens is 1. The highest BCUT2D eigenvalue weighted by Crippen LogP contribution is 2.29. The van der Waals surface area contributed by atoms with E-state index in [0.29, 0.717) is 6.42 Å². The van der Waals surface area contributed by atoms with Crippen molar-refractivity contribution < 1.29 is 4.74 Å². The van der Waals surface area contributed by atoms with E-state index in [4.69, 9.17) is 10.00 Å². The molecule has 1 aromatic heterocycles. The van der Waals surface area contributed by atoms with E-state index in [0.717, 1.165) is 23.1 Å². The van der Waals surface area contributed by atoms with Crippen molar-refractivity contribution in [1.82, 2.24) is 4.98 Å². The predicted molar refractivity (Wildman–Crippen MR) is 63.5 cm³/mol. The highest BCUT2D eigenvalue weighted by molar-refractivity contribution is 5.89. The van der Waals surface area contributed by atoms with E-state index in [9.17, 15) is 0 Å². The van der Waals surface area contributed by atoms with E-state index in [1.807, 2.05) is 19.2 Å². The standard InChI is InChI=1S/C13H14N2O/c1-9-6-11-10(4-3-5-14)8-15-13(11)12(7-9)16-2/h6-8,15H,3-4H2,1-2H3. The monoisotopic (exact) mass is 214 g/mol. The summed E-state index contributed by atoms with van der Waals surface area (Å²) in [6, 6.07) is 6.30. The fourth-order valence-electron chi connectivity index (χ4n) is 1.95. The third kappa shape index (κ3) is 1.74. The molecule has 0 radical (unpaired) electrons. The molecule has 0 unspecified atom stereocenters. The van der Waals surface area contributed by atoms with Gasteiger partial charge >= 0.3 is 0 Å². The van der Waals surface area contributed by atoms with Crippen molar-refractivity contribution >= 4 is 10.9 Å². The number of nitriles is 1. The van der Waals surface area contributed by atoms with Gasteiger partial charge in [0.25, 0.3) is 0 Å². The zero-order chi connectivity index (χ0) is 11.5. The van der Waals surface area contributed by atoms with Crippen molar-refractivity contribution in [3.63, 3.8) is 0 Å². The highest BCUT2D eigenvalue weighted by Gasteiger charge is 2.08. The molecule has 1 N–H and O–H groups in total. The van der Waals surface area contributed by atoms with Gasteiger partial charge in [0.15, 0.2) is 0 Å². The maximum absolute atomic E-state index is 8.61. The van der Waals surface area contributed by atoms with Gasteiger partial charge in [-0.05, 0) is 36.6 Å². The van der Waals surface area contributed by atoms with Crippen LogP contribution in [0, 0.1) is 18.3 Å². The Kier molecular flexibility index (Phi) is 2.82. The van der Waals surface area contributed by atoms with E-state index in [-0.39, 0.29) is 0 Å². The van der Waals surface area contributed by atoms with Crippen molar-refractivity contribution in [2.45, 2.75) is 19.8 Å². The molecule has 0 aliphatic rings. The maximum Gasteiger partial charge on any atom is 0.143 e. The summed E-state index contributed by atoms with van der Waals surface area (Å²) in [5, 5.41) is 9.77. The van der Waals surface area contributed by atoms with Gasteiger partial charge in [0.05, 0.1) is 18.7 Å². The normalized spacial score (nSPS) is 10.3. The quantitative estimate of drug-likeness (QED) is 0.853. The number of aromatic amines is 1. The summed E-state index contributed by atoms with van der Waals surface area (Å²) in [4.78, 5) is 3.21. The number of benzene rings is 1. The molecule has 0 atom stereocenters. The van der Waals surface area contributed by atoms with E-state index in [1.165, 1.54) is 11.1 Å². The molecule has 2 rings (SSSR count). The van der Waals surface area contributed by atoms with Gasteiger partial charge in [0.2, 0.25) is 0 Å². The Morgan fingerprint density at radius 3 is 2.94 bits per heavy atom. The first-order chi connectivity index (χ1) is 7.76. The number of methoxy groups -OCH3 is 1. The first-order valence-corrected chi connectivity index (χ1v) is 5.28. The van der Waals surface area contributed by atoms with Gasteiger partial charge < -0.3 is 9.72 Å². The Morgan fingerprint density at radius 2 is 2.25 bits per heavy atom. The third-order valence-corrected chi connectivity index (χ3v) is 2.71. The lowest BCUT2D eigenvalue weighted by atomic mass is 10.1. The molecule has 0 fully saturated rings. The molecule has 82 valence electrons. The zero-order valence-electron chi connectivity index (χ0n) is 9.50. The molecule has 0 spiro atoms. The Bertz CT molecular complexity index is 549. The molecule has 0 aliphatic carbocycles. The molecule has 0 bridgehead atoms. The Morgan fingerprint density at radius 1 is 1.44 bits per heavy atom. The van der Waals surface area contributed by atoms with Crippen LogP contribution < -0.4 is 4.74 Å². The Balaban J connectivity index is 2.54. The van der Waals surface area contributed by atoms with Crippen molar-refractivity contribution in [2.75, 3.05) is 7.11 Å². The molecule has 3 heteroatoms. The van der Waals surface area contributed by atoms with Gasteiger partial charge in [0.1, 0.15) is 5.75 Å². The summed E-state index contributed by atoms with van der Waals surface area (Å²) in [6.45, 7) is 2.04. The average molecular weight is 214 g/mol. The SMILES string of the molecule is COc1cc(C)cc2c(CCC#N)c[nH]c12. The third-order valence-electron chi connectivity index (χ3n) is 2.71. The number of hydrogen-bond donors (Lipinski definition) is 1. The molecule has 16 heavy (non-hydrogen) atoms. The fraction of sp³-hybridized carbons (Fsp3) is 0.308. The predicted octanol–water partition coefficient (Wildman–Crippen LogP) is 2.94. The van der Waals surface area contributed by atoms with Crippen LogP contribution in [0.5, 0.6) is 5.75 Å². The number of hydrogen-bond acceptors (Lipinski definition) is 2. The summed E-state index contributed by atoms with van der Waals surface area (Å²) in [7, 11) is 1.67. The Hall–Kier alpha value is -1.95. The van der Waals surface area contributed by atoms with Crippen LogP contribution in [0.1, 0.15) is 17.5 Å². The number of ether oxygens (including phenoxy) is 1. The van der Waals surface area contributed by atoms with Crippen molar-refractivity contribution in [3.05, 3.63) is 29.5 Å². The molecule has 0 amide bonds. The summed E-state index contributed by atoms with van der Waals surface area (Å²) >= 11 is 0. The van der Waals surface area contributed by atoms with Crippen LogP contribution in [-0.2, 0) is 6.42 Å². The van der Waals surface area contributed by atoms with Gasteiger partial charge in [-0.1, -0.05) is 0 Å². The average Bonchev–Trinajstić information content (AvgIpc) is 2.68. The summed E-state index contributed by atoms with van der Waals surface area (Å²) in [6.07, 6.45) is 3.29. The van der Waals surface area contributed by atoms with Gasteiger partial charge in [0, 0.05) is 18.0 Å². The number of nitrogens with zero attached hydrogens (tertiary/aromatic N) is 1. The molecule has 1 heterocycles. The minimum atomic E-state index is 0.545. The molecule has 2 aromatic rings. The second-order valence-corrected chi connectivity index (χ2v) is 3.86. The maximum atomic E-state index is 8.61. The first-order valence-electron chi connectivity index (χ1n) is 5.28. The van der Waals surface area contributed by atoms with Crippen LogP contribution in [0.25, 0.3) is 10.9 Å². The number of nitrogens with one attached hydrogen (secondary N) is 1. The van der Waals surface area contributed by atoms with Gasteiger partial charge in [-0.25, -0.2) is 0 Å². The minimum absolute atomic E-state index is 0.545. The molecule has 0 saturated heterocycles. The number of fused-ring (bicyclic) bond motifs is 1. The molecular weight excluding hydrogens is 200 g/mol. The van der Waals surface area contributed by atoms with Crippen LogP contribution in [-0.4, -0.2) is 12.1 Å². The molecule has 0 saturated carbocycles. The largest absolute Gasteiger partial charge is 0.495 e. The van der Waals surface area contributed by atoms with Gasteiger partial charge in [-0.15, -0.1) is 0 Å². The molecular formula is C13H14N2O. The lowest BCUT2D eigenvalue weighted by Gasteiger charge is -2.04. The lowest BCUT2D eigenvalue weighted by Crippen LogP contribution is -1.87. The number of rotatable bonds is 3. The van der Waals surface area contributed by atoms with Crippen LogP contribution >= 0.6 is 0 Å². The van der Waals surface area contributed by atoms with Gasteiger partial charge in [-0.3, -0.25) is 0 Å². The molecule has 1 aromatic carbocycles. The highest BCUT2D eigenvalue weighted by atomic mass is 16.5. The van der Waals surface area contributed by atoms with E-state index >= 15 is 0 Å². The number of aryl methyl sites for hydroxylation is 2. The smallest absolute Gasteiger partial charge is 0.143 e. The lowest BCUT2D eigenvalue weighted by molar-refractivity contribution is 0.418. The van der Waals surface area contributed by atoms with Crippen molar-refractivity contribution in [2.24, 2.45) is 0 Å². The summed E-state index contributed by atoms with van der Waals surface area (Å²) in [5.74, 6) is 0.859. The zero-order valence-corrected chi connectivity index (χ0v) is 9.50. The summed E-state index contributed by atoms with van der Waals surface area (Å²) < 4.78 is 5.33. The van der Waals surface area contributed by atoms with Crippen molar-refractivity contribution in [3.8, 4) is 11.8 Å². The number of aromatic nitrogens is 1. The minimum Gasteiger partial charge on any atom is -0.495 e. The van der Waals surface area contributed by atoms with Crippen LogP contribution in [0.4, 0.5) is 0 Å². The second kappa shape index (κ2) is 4.28. The van der Waals surface area contributed by atoms with Gasteiger partial charge in [-0.2, -0.15) is 5.26 Å². The van der Waals surface area contributed by atoms with E-state index < -0.39 is 0 Å². The van der Waals surface area contributed by atoms with E-state index in [2.05, 4.69) is 17.1 Å². The van der Waals surface area contributed by atoms with Crippen molar-refractivity contribution in [1.29, 1.82) is 5.26 Å². The molecule has 0 aliphatic heterocycles. The van der Waals surface area contributed by atoms with Crippen LogP contribution in [0.15, 0.2) is 18.3 Å². The van der Waals surface area contributed by atoms with Crippen LogP contribution in [0.2, 0.25) is 0 Å².